The number of rotatable bonds is 2. The van der Waals surface area contributed by atoms with Crippen molar-refractivity contribution in [3.8, 4) is 0 Å². The molecule has 0 amide bonds. The van der Waals surface area contributed by atoms with Crippen LogP contribution in [0.25, 0.3) is 0 Å². The van der Waals surface area contributed by atoms with Crippen molar-refractivity contribution in [2.75, 3.05) is 12.4 Å². The Bertz CT molecular complexity index is 482. The van der Waals surface area contributed by atoms with E-state index < -0.39 is 0 Å². The lowest BCUT2D eigenvalue weighted by Gasteiger charge is -2.08. The molecular weight excluding hydrogens is 234 g/mol. The maximum absolute atomic E-state index is 4.41. The van der Waals surface area contributed by atoms with Crippen LogP contribution in [0, 0.1) is 0 Å². The lowest BCUT2D eigenvalue weighted by atomic mass is 10.1. The van der Waals surface area contributed by atoms with E-state index in [0.717, 1.165) is 18.5 Å². The summed E-state index contributed by atoms with van der Waals surface area (Å²) in [5.41, 5.74) is 4.01. The first-order valence-corrected chi connectivity index (χ1v) is 5.65. The average molecular weight is 250 g/mol. The number of nitrogens with one attached hydrogen (secondary N) is 1. The minimum atomic E-state index is 0. The zero-order chi connectivity index (χ0) is 11.0. The summed E-state index contributed by atoms with van der Waals surface area (Å²) in [6.07, 6.45) is 6.15. The van der Waals surface area contributed by atoms with Crippen LogP contribution in [-0.4, -0.2) is 16.8 Å². The van der Waals surface area contributed by atoms with E-state index in [1.165, 1.54) is 11.1 Å². The maximum atomic E-state index is 4.41. The summed E-state index contributed by atoms with van der Waals surface area (Å²) in [7, 11) is 1.92. The number of hydrogen-bond acceptors (Lipinski definition) is 2. The van der Waals surface area contributed by atoms with Crippen LogP contribution in [0.2, 0.25) is 0 Å². The molecule has 3 nitrogen and oxygen atoms in total. The summed E-state index contributed by atoms with van der Waals surface area (Å²) < 4.78 is 2.08. The van der Waals surface area contributed by atoms with Gasteiger partial charge in [0.05, 0.1) is 17.9 Å². The third kappa shape index (κ3) is 2.15. The normalized spacial score (nSPS) is 14.2. The van der Waals surface area contributed by atoms with Gasteiger partial charge >= 0.3 is 0 Å². The molecule has 1 N–H and O–H groups in total. The van der Waals surface area contributed by atoms with Crippen molar-refractivity contribution in [2.24, 2.45) is 0 Å². The summed E-state index contributed by atoms with van der Waals surface area (Å²) >= 11 is 0. The second-order valence-electron chi connectivity index (χ2n) is 4.29. The number of anilines is 1. The molecule has 0 bridgehead atoms. The Balaban J connectivity index is 0.00000108. The molecule has 1 aromatic heterocycles. The van der Waals surface area contributed by atoms with Gasteiger partial charge in [0.2, 0.25) is 0 Å². The Morgan fingerprint density at radius 3 is 2.41 bits per heavy atom. The fourth-order valence-electron chi connectivity index (χ4n) is 2.39. The second-order valence-corrected chi connectivity index (χ2v) is 4.29. The SMILES string of the molecule is CNc1cnn(C2Cc3ccccc3C2)c1.Cl. The topological polar surface area (TPSA) is 29.9 Å². The van der Waals surface area contributed by atoms with Crippen LogP contribution in [-0.2, 0) is 12.8 Å². The van der Waals surface area contributed by atoms with Crippen molar-refractivity contribution < 1.29 is 0 Å². The molecule has 2 aromatic rings. The fraction of sp³-hybridized carbons (Fsp3) is 0.308. The van der Waals surface area contributed by atoms with Gasteiger partial charge in [0.25, 0.3) is 0 Å². The number of aromatic nitrogens is 2. The monoisotopic (exact) mass is 249 g/mol. The van der Waals surface area contributed by atoms with Crippen molar-refractivity contribution in [1.82, 2.24) is 9.78 Å². The molecule has 1 aromatic carbocycles. The molecule has 0 saturated carbocycles. The first kappa shape index (κ1) is 12.0. The minimum absolute atomic E-state index is 0. The molecule has 0 spiro atoms. The summed E-state index contributed by atoms with van der Waals surface area (Å²) in [4.78, 5) is 0. The molecule has 3 rings (SSSR count). The van der Waals surface area contributed by atoms with Crippen LogP contribution in [0.4, 0.5) is 5.69 Å². The van der Waals surface area contributed by atoms with Gasteiger partial charge in [-0.05, 0) is 24.0 Å². The van der Waals surface area contributed by atoms with Gasteiger partial charge in [-0.2, -0.15) is 5.10 Å². The van der Waals surface area contributed by atoms with E-state index in [9.17, 15) is 0 Å². The Labute approximate surface area is 107 Å². The van der Waals surface area contributed by atoms with Gasteiger partial charge in [-0.25, -0.2) is 0 Å². The van der Waals surface area contributed by atoms with Crippen molar-refractivity contribution in [1.29, 1.82) is 0 Å². The van der Waals surface area contributed by atoms with Crippen molar-refractivity contribution in [2.45, 2.75) is 18.9 Å². The van der Waals surface area contributed by atoms with Crippen LogP contribution >= 0.6 is 12.4 Å². The van der Waals surface area contributed by atoms with Gasteiger partial charge in [0.15, 0.2) is 0 Å². The van der Waals surface area contributed by atoms with Crippen LogP contribution < -0.4 is 5.32 Å². The van der Waals surface area contributed by atoms with E-state index in [2.05, 4.69) is 45.6 Å². The third-order valence-electron chi connectivity index (χ3n) is 3.29. The number of benzene rings is 1. The zero-order valence-electron chi connectivity index (χ0n) is 9.76. The molecule has 4 heteroatoms. The van der Waals surface area contributed by atoms with Crippen LogP contribution in [0.15, 0.2) is 36.7 Å². The smallest absolute Gasteiger partial charge is 0.0724 e. The van der Waals surface area contributed by atoms with E-state index in [0.29, 0.717) is 6.04 Å². The number of fused-ring (bicyclic) bond motifs is 1. The van der Waals surface area contributed by atoms with Crippen LogP contribution in [0.3, 0.4) is 0 Å². The van der Waals surface area contributed by atoms with E-state index in [-0.39, 0.29) is 12.4 Å². The molecule has 0 saturated heterocycles. The quantitative estimate of drug-likeness (QED) is 0.887. The minimum Gasteiger partial charge on any atom is -0.386 e. The molecular formula is C13H16ClN3. The van der Waals surface area contributed by atoms with Gasteiger partial charge in [0, 0.05) is 13.2 Å². The van der Waals surface area contributed by atoms with Gasteiger partial charge in [-0.15, -0.1) is 12.4 Å². The highest BCUT2D eigenvalue weighted by molar-refractivity contribution is 5.85. The molecule has 0 unspecified atom stereocenters. The summed E-state index contributed by atoms with van der Waals surface area (Å²) in [5, 5.41) is 7.51. The molecule has 1 aliphatic rings. The molecule has 1 aliphatic carbocycles. The van der Waals surface area contributed by atoms with Crippen LogP contribution in [0.1, 0.15) is 17.2 Å². The lowest BCUT2D eigenvalue weighted by Crippen LogP contribution is -2.09. The predicted octanol–water partition coefficient (Wildman–Crippen LogP) is 2.69. The van der Waals surface area contributed by atoms with Gasteiger partial charge in [-0.1, -0.05) is 24.3 Å². The van der Waals surface area contributed by atoms with Gasteiger partial charge in [-0.3, -0.25) is 4.68 Å². The molecule has 90 valence electrons. The van der Waals surface area contributed by atoms with E-state index in [1.54, 1.807) is 0 Å². The zero-order valence-corrected chi connectivity index (χ0v) is 10.6. The molecule has 1 heterocycles. The van der Waals surface area contributed by atoms with Gasteiger partial charge in [0.1, 0.15) is 0 Å². The molecule has 0 aliphatic heterocycles. The van der Waals surface area contributed by atoms with E-state index >= 15 is 0 Å². The fourth-order valence-corrected chi connectivity index (χ4v) is 2.39. The highest BCUT2D eigenvalue weighted by Gasteiger charge is 2.22. The summed E-state index contributed by atoms with van der Waals surface area (Å²) in [6, 6.07) is 9.15. The maximum Gasteiger partial charge on any atom is 0.0724 e. The highest BCUT2D eigenvalue weighted by atomic mass is 35.5. The van der Waals surface area contributed by atoms with Crippen molar-refractivity contribution in [3.63, 3.8) is 0 Å². The number of nitrogens with zero attached hydrogens (tertiary/aromatic N) is 2. The second kappa shape index (κ2) is 4.80. The largest absolute Gasteiger partial charge is 0.386 e. The summed E-state index contributed by atoms with van der Waals surface area (Å²) in [6.45, 7) is 0. The first-order valence-electron chi connectivity index (χ1n) is 5.65. The predicted molar refractivity (Wildman–Crippen MR) is 71.9 cm³/mol. The van der Waals surface area contributed by atoms with E-state index in [4.69, 9.17) is 0 Å². The number of hydrogen-bond donors (Lipinski definition) is 1. The Morgan fingerprint density at radius 2 is 1.88 bits per heavy atom. The Hall–Kier alpha value is -1.48. The molecule has 17 heavy (non-hydrogen) atoms. The highest BCUT2D eigenvalue weighted by Crippen LogP contribution is 2.29. The molecule has 0 atom stereocenters. The lowest BCUT2D eigenvalue weighted by molar-refractivity contribution is 0.475. The summed E-state index contributed by atoms with van der Waals surface area (Å²) in [5.74, 6) is 0. The average Bonchev–Trinajstić information content (AvgIpc) is 2.95. The van der Waals surface area contributed by atoms with Crippen LogP contribution in [0.5, 0.6) is 0 Å². The van der Waals surface area contributed by atoms with Crippen molar-refractivity contribution in [3.05, 3.63) is 47.8 Å². The van der Waals surface area contributed by atoms with Gasteiger partial charge < -0.3 is 5.32 Å². The molecule has 0 radical (unpaired) electrons. The third-order valence-corrected chi connectivity index (χ3v) is 3.29. The molecule has 0 fully saturated rings. The Kier molecular flexibility index (Phi) is 3.38. The first-order chi connectivity index (χ1) is 7.86. The van der Waals surface area contributed by atoms with E-state index in [1.807, 2.05) is 13.2 Å². The Morgan fingerprint density at radius 1 is 1.24 bits per heavy atom. The standard InChI is InChI=1S/C13H15N3.ClH/c1-14-12-8-15-16(9-12)13-6-10-4-2-3-5-11(10)7-13;/h2-5,8-9,13-14H,6-7H2,1H3;1H. The number of halogens is 1. The van der Waals surface area contributed by atoms with Crippen molar-refractivity contribution >= 4 is 18.1 Å².